The van der Waals surface area contributed by atoms with E-state index >= 15 is 0 Å². The summed E-state index contributed by atoms with van der Waals surface area (Å²) in [6.45, 7) is 0. The number of ketones is 1. The molecule has 1 fully saturated rings. The zero-order valence-electron chi connectivity index (χ0n) is 8.14. The van der Waals surface area contributed by atoms with E-state index in [0.29, 0.717) is 12.2 Å². The van der Waals surface area contributed by atoms with Crippen molar-refractivity contribution in [2.75, 3.05) is 11.5 Å². The molecule has 4 nitrogen and oxygen atoms in total. The third kappa shape index (κ3) is 2.15. The Morgan fingerprint density at radius 3 is 3.21 bits per heavy atom. The second kappa shape index (κ2) is 4.13. The molecule has 14 heavy (non-hydrogen) atoms. The first-order valence-electron chi connectivity index (χ1n) is 4.71. The molecule has 1 atom stereocenters. The zero-order valence-corrected chi connectivity index (χ0v) is 8.96. The van der Waals surface area contributed by atoms with E-state index in [1.807, 2.05) is 18.8 Å². The topological polar surface area (TPSA) is 47.8 Å². The first-order valence-corrected chi connectivity index (χ1v) is 5.87. The van der Waals surface area contributed by atoms with Crippen LogP contribution in [0.1, 0.15) is 12.1 Å². The molecule has 0 amide bonds. The van der Waals surface area contributed by atoms with Gasteiger partial charge in [0.1, 0.15) is 5.78 Å². The highest BCUT2D eigenvalue weighted by Crippen LogP contribution is 2.24. The fraction of sp³-hybridized carbons (Fsp3) is 0.667. The number of hydrogen-bond donors (Lipinski definition) is 0. The Morgan fingerprint density at radius 2 is 2.64 bits per heavy atom. The van der Waals surface area contributed by atoms with Crippen LogP contribution in [0.3, 0.4) is 0 Å². The van der Waals surface area contributed by atoms with Crippen LogP contribution in [0.4, 0.5) is 0 Å². The van der Waals surface area contributed by atoms with E-state index in [1.54, 1.807) is 10.9 Å². The molecule has 0 radical (unpaired) electrons. The van der Waals surface area contributed by atoms with Crippen LogP contribution in [0.15, 0.2) is 6.20 Å². The van der Waals surface area contributed by atoms with E-state index in [9.17, 15) is 4.79 Å². The van der Waals surface area contributed by atoms with Crippen LogP contribution in [0.2, 0.25) is 0 Å². The molecule has 0 saturated carbocycles. The third-order valence-electron chi connectivity index (χ3n) is 2.39. The SMILES string of the molecule is Cn1cc(CC(=O)C2CCSC2)nn1. The van der Waals surface area contributed by atoms with E-state index in [-0.39, 0.29) is 5.92 Å². The van der Waals surface area contributed by atoms with Gasteiger partial charge in [-0.3, -0.25) is 9.48 Å². The zero-order chi connectivity index (χ0) is 9.97. The average molecular weight is 211 g/mol. The van der Waals surface area contributed by atoms with E-state index in [2.05, 4.69) is 10.3 Å². The van der Waals surface area contributed by atoms with Gasteiger partial charge >= 0.3 is 0 Å². The number of thioether (sulfide) groups is 1. The minimum Gasteiger partial charge on any atom is -0.299 e. The van der Waals surface area contributed by atoms with Gasteiger partial charge in [0.2, 0.25) is 0 Å². The quantitative estimate of drug-likeness (QED) is 0.737. The summed E-state index contributed by atoms with van der Waals surface area (Å²) in [6, 6.07) is 0. The van der Waals surface area contributed by atoms with Crippen molar-refractivity contribution in [2.45, 2.75) is 12.8 Å². The molecule has 1 aliphatic rings. The lowest BCUT2D eigenvalue weighted by atomic mass is 10.0. The van der Waals surface area contributed by atoms with Gasteiger partial charge < -0.3 is 0 Å². The summed E-state index contributed by atoms with van der Waals surface area (Å²) in [4.78, 5) is 11.7. The van der Waals surface area contributed by atoms with Crippen molar-refractivity contribution in [3.8, 4) is 0 Å². The van der Waals surface area contributed by atoms with E-state index < -0.39 is 0 Å². The average Bonchev–Trinajstić information content (AvgIpc) is 2.75. The Labute approximate surface area is 87.1 Å². The molecule has 1 unspecified atom stereocenters. The lowest BCUT2D eigenvalue weighted by molar-refractivity contribution is -0.121. The van der Waals surface area contributed by atoms with Gasteiger partial charge in [-0.2, -0.15) is 11.8 Å². The van der Waals surface area contributed by atoms with Gasteiger partial charge in [-0.25, -0.2) is 0 Å². The molecule has 1 aromatic heterocycles. The van der Waals surface area contributed by atoms with Crippen LogP contribution >= 0.6 is 11.8 Å². The van der Waals surface area contributed by atoms with Gasteiger partial charge in [-0.05, 0) is 12.2 Å². The number of hydrogen-bond acceptors (Lipinski definition) is 4. The fourth-order valence-electron chi connectivity index (χ4n) is 1.59. The summed E-state index contributed by atoms with van der Waals surface area (Å²) >= 11 is 1.86. The number of aromatic nitrogens is 3. The first-order chi connectivity index (χ1) is 6.75. The summed E-state index contributed by atoms with van der Waals surface area (Å²) in [5.74, 6) is 2.67. The molecule has 1 aliphatic heterocycles. The Morgan fingerprint density at radius 1 is 1.79 bits per heavy atom. The third-order valence-corrected chi connectivity index (χ3v) is 3.55. The van der Waals surface area contributed by atoms with Gasteiger partial charge in [0.15, 0.2) is 0 Å². The monoisotopic (exact) mass is 211 g/mol. The molecule has 0 bridgehead atoms. The molecular weight excluding hydrogens is 198 g/mol. The van der Waals surface area contributed by atoms with Crippen LogP contribution in [0.25, 0.3) is 0 Å². The highest BCUT2D eigenvalue weighted by Gasteiger charge is 2.23. The number of Topliss-reactive ketones (excluding diaryl/α,β-unsaturated/α-hetero) is 1. The first kappa shape index (κ1) is 9.71. The number of nitrogens with zero attached hydrogens (tertiary/aromatic N) is 3. The molecule has 5 heteroatoms. The van der Waals surface area contributed by atoms with Crippen LogP contribution < -0.4 is 0 Å². The molecule has 2 rings (SSSR count). The molecule has 76 valence electrons. The summed E-state index contributed by atoms with van der Waals surface area (Å²) in [5, 5.41) is 7.72. The Bertz CT molecular complexity index is 331. The molecule has 2 heterocycles. The van der Waals surface area contributed by atoms with Crippen molar-refractivity contribution in [3.05, 3.63) is 11.9 Å². The highest BCUT2D eigenvalue weighted by molar-refractivity contribution is 7.99. The molecule has 1 aromatic rings. The van der Waals surface area contributed by atoms with E-state index in [4.69, 9.17) is 0 Å². The normalized spacial score (nSPS) is 21.4. The van der Waals surface area contributed by atoms with Gasteiger partial charge in [0.05, 0.1) is 12.1 Å². The molecule has 0 aliphatic carbocycles. The molecule has 0 spiro atoms. The summed E-state index contributed by atoms with van der Waals surface area (Å²) in [6.07, 6.45) is 3.28. The maximum Gasteiger partial charge on any atom is 0.142 e. The number of aryl methyl sites for hydroxylation is 1. The molecule has 0 aromatic carbocycles. The van der Waals surface area contributed by atoms with Crippen molar-refractivity contribution in [3.63, 3.8) is 0 Å². The minimum absolute atomic E-state index is 0.252. The van der Waals surface area contributed by atoms with Crippen molar-refractivity contribution in [2.24, 2.45) is 13.0 Å². The number of carbonyl (C=O) groups excluding carboxylic acids is 1. The van der Waals surface area contributed by atoms with Gasteiger partial charge in [-0.1, -0.05) is 5.21 Å². The standard InChI is InChI=1S/C9H13N3OS/c1-12-5-8(10-11-12)4-9(13)7-2-3-14-6-7/h5,7H,2-4,6H2,1H3. The summed E-state index contributed by atoms with van der Waals surface area (Å²) < 4.78 is 1.63. The van der Waals surface area contributed by atoms with Crippen LogP contribution in [-0.4, -0.2) is 32.3 Å². The molecule has 1 saturated heterocycles. The predicted octanol–water partition coefficient (Wildman–Crippen LogP) is 0.680. The lowest BCUT2D eigenvalue weighted by Gasteiger charge is -2.03. The van der Waals surface area contributed by atoms with Crippen LogP contribution in [0, 0.1) is 5.92 Å². The van der Waals surface area contributed by atoms with E-state index in [1.165, 1.54) is 0 Å². The molecular formula is C9H13N3OS. The summed E-state index contributed by atoms with van der Waals surface area (Å²) in [7, 11) is 1.81. The van der Waals surface area contributed by atoms with Crippen LogP contribution in [0.5, 0.6) is 0 Å². The van der Waals surface area contributed by atoms with Gasteiger partial charge in [0, 0.05) is 24.9 Å². The highest BCUT2D eigenvalue weighted by atomic mass is 32.2. The number of carbonyl (C=O) groups is 1. The second-order valence-corrected chi connectivity index (χ2v) is 4.74. The molecule has 0 N–H and O–H groups in total. The minimum atomic E-state index is 0.252. The van der Waals surface area contributed by atoms with Crippen molar-refractivity contribution in [1.82, 2.24) is 15.0 Å². The predicted molar refractivity (Wildman–Crippen MR) is 55.1 cm³/mol. The van der Waals surface area contributed by atoms with Crippen LogP contribution in [-0.2, 0) is 18.3 Å². The van der Waals surface area contributed by atoms with Crippen molar-refractivity contribution >= 4 is 17.5 Å². The summed E-state index contributed by atoms with van der Waals surface area (Å²) in [5.41, 5.74) is 0.786. The Kier molecular flexibility index (Phi) is 2.86. The Balaban J connectivity index is 1.93. The van der Waals surface area contributed by atoms with Gasteiger partial charge in [0.25, 0.3) is 0 Å². The smallest absolute Gasteiger partial charge is 0.142 e. The van der Waals surface area contributed by atoms with Crippen molar-refractivity contribution in [1.29, 1.82) is 0 Å². The maximum atomic E-state index is 11.7. The van der Waals surface area contributed by atoms with Crippen molar-refractivity contribution < 1.29 is 4.79 Å². The second-order valence-electron chi connectivity index (χ2n) is 3.59. The number of rotatable bonds is 3. The lowest BCUT2D eigenvalue weighted by Crippen LogP contribution is -2.16. The largest absolute Gasteiger partial charge is 0.299 e. The van der Waals surface area contributed by atoms with E-state index in [0.717, 1.165) is 23.6 Å². The maximum absolute atomic E-state index is 11.7. The fourth-order valence-corrected chi connectivity index (χ4v) is 2.84. The van der Waals surface area contributed by atoms with Gasteiger partial charge in [-0.15, -0.1) is 5.10 Å². The Hall–Kier alpha value is -0.840.